The zero-order chi connectivity index (χ0) is 11.5. The van der Waals surface area contributed by atoms with Crippen LogP contribution in [0.25, 0.3) is 0 Å². The minimum Gasteiger partial charge on any atom is -0.353 e. The van der Waals surface area contributed by atoms with Crippen LogP contribution in [-0.4, -0.2) is 17.8 Å². The average Bonchev–Trinajstić information content (AvgIpc) is 2.25. The molecule has 1 N–H and O–H groups in total. The second kappa shape index (κ2) is 10.3. The van der Waals surface area contributed by atoms with Gasteiger partial charge in [0, 0.05) is 18.3 Å². The predicted molar refractivity (Wildman–Crippen MR) is 66.3 cm³/mol. The highest BCUT2D eigenvalue weighted by Gasteiger charge is 2.09. The third-order valence-electron chi connectivity index (χ3n) is 2.55. The Morgan fingerprint density at radius 2 is 2.00 bits per heavy atom. The zero-order valence-corrected chi connectivity index (χ0v) is 10.8. The van der Waals surface area contributed by atoms with Gasteiger partial charge in [0.2, 0.25) is 5.91 Å². The van der Waals surface area contributed by atoms with Crippen LogP contribution in [0.3, 0.4) is 0 Å². The lowest BCUT2D eigenvalue weighted by Crippen LogP contribution is -2.34. The topological polar surface area (TPSA) is 29.1 Å². The molecule has 0 aromatic rings. The van der Waals surface area contributed by atoms with Crippen molar-refractivity contribution in [3.8, 4) is 0 Å². The molecule has 1 amide bonds. The molecule has 0 radical (unpaired) electrons. The third-order valence-corrected chi connectivity index (χ3v) is 2.82. The molecule has 0 rings (SSSR count). The predicted octanol–water partition coefficient (Wildman–Crippen LogP) is 3.48. The van der Waals surface area contributed by atoms with Crippen molar-refractivity contribution in [1.29, 1.82) is 0 Å². The Bertz CT molecular complexity index is 162. The molecule has 0 fully saturated rings. The van der Waals surface area contributed by atoms with E-state index in [0.29, 0.717) is 18.3 Å². The summed E-state index contributed by atoms with van der Waals surface area (Å²) in [6, 6.07) is 0.361. The molecule has 0 bridgehead atoms. The number of carbonyl (C=O) groups is 1. The van der Waals surface area contributed by atoms with Crippen molar-refractivity contribution in [2.24, 2.45) is 0 Å². The van der Waals surface area contributed by atoms with Crippen molar-refractivity contribution in [3.05, 3.63) is 0 Å². The first-order valence-corrected chi connectivity index (χ1v) is 6.63. The molecule has 0 aliphatic rings. The molecule has 3 heteroatoms. The summed E-state index contributed by atoms with van der Waals surface area (Å²) >= 11 is 5.54. The largest absolute Gasteiger partial charge is 0.353 e. The highest BCUT2D eigenvalue weighted by atomic mass is 35.5. The Morgan fingerprint density at radius 1 is 1.27 bits per heavy atom. The van der Waals surface area contributed by atoms with E-state index in [1.54, 1.807) is 0 Å². The summed E-state index contributed by atoms with van der Waals surface area (Å²) in [5, 5.41) is 3.06. The van der Waals surface area contributed by atoms with Gasteiger partial charge in [-0.3, -0.25) is 4.79 Å². The summed E-state index contributed by atoms with van der Waals surface area (Å²) in [4.78, 5) is 11.4. The van der Waals surface area contributed by atoms with Gasteiger partial charge in [-0.05, 0) is 19.3 Å². The number of rotatable bonds is 9. The molecule has 1 atom stereocenters. The van der Waals surface area contributed by atoms with Crippen LogP contribution >= 0.6 is 11.6 Å². The Hall–Kier alpha value is -0.240. The number of carbonyl (C=O) groups excluding carboxylic acids is 1. The van der Waals surface area contributed by atoms with Crippen molar-refractivity contribution in [1.82, 2.24) is 5.32 Å². The maximum atomic E-state index is 11.4. The third kappa shape index (κ3) is 8.73. The normalized spacial score (nSPS) is 12.5. The number of halogens is 1. The molecule has 15 heavy (non-hydrogen) atoms. The fourth-order valence-electron chi connectivity index (χ4n) is 1.55. The van der Waals surface area contributed by atoms with E-state index in [1.807, 2.05) is 0 Å². The first-order chi connectivity index (χ1) is 7.24. The van der Waals surface area contributed by atoms with Gasteiger partial charge >= 0.3 is 0 Å². The van der Waals surface area contributed by atoms with Gasteiger partial charge in [0.25, 0.3) is 0 Å². The van der Waals surface area contributed by atoms with Gasteiger partial charge in [-0.1, -0.05) is 33.1 Å². The van der Waals surface area contributed by atoms with E-state index >= 15 is 0 Å². The van der Waals surface area contributed by atoms with Gasteiger partial charge in [0.15, 0.2) is 0 Å². The average molecular weight is 234 g/mol. The van der Waals surface area contributed by atoms with Gasteiger partial charge in [-0.15, -0.1) is 11.6 Å². The van der Waals surface area contributed by atoms with Gasteiger partial charge in [0.1, 0.15) is 0 Å². The van der Waals surface area contributed by atoms with Crippen molar-refractivity contribution in [2.45, 2.75) is 64.8 Å². The maximum absolute atomic E-state index is 11.4. The van der Waals surface area contributed by atoms with Gasteiger partial charge < -0.3 is 5.32 Å². The van der Waals surface area contributed by atoms with Crippen molar-refractivity contribution in [2.75, 3.05) is 5.88 Å². The number of hydrogen-bond acceptors (Lipinski definition) is 1. The summed E-state index contributed by atoms with van der Waals surface area (Å²) in [5.41, 5.74) is 0. The standard InChI is InChI=1S/C12H24ClNO/c1-3-5-6-8-11(4-2)14-12(15)9-7-10-13/h11H,3-10H2,1-2H3,(H,14,15). The molecule has 0 heterocycles. The second-order valence-electron chi connectivity index (χ2n) is 3.96. The van der Waals surface area contributed by atoms with E-state index in [1.165, 1.54) is 19.3 Å². The molecule has 1 unspecified atom stereocenters. The summed E-state index contributed by atoms with van der Waals surface area (Å²) in [5.74, 6) is 0.721. The molecule has 0 aliphatic heterocycles. The Morgan fingerprint density at radius 3 is 2.53 bits per heavy atom. The van der Waals surface area contributed by atoms with Crippen LogP contribution in [0.15, 0.2) is 0 Å². The van der Waals surface area contributed by atoms with Crippen molar-refractivity contribution < 1.29 is 4.79 Å². The molecule has 0 saturated heterocycles. The SMILES string of the molecule is CCCCCC(CC)NC(=O)CCCCl. The lowest BCUT2D eigenvalue weighted by molar-refractivity contribution is -0.121. The fraction of sp³-hybridized carbons (Fsp3) is 0.917. The summed E-state index contributed by atoms with van der Waals surface area (Å²) in [6.07, 6.45) is 7.18. The van der Waals surface area contributed by atoms with E-state index < -0.39 is 0 Å². The molecule has 0 aliphatic carbocycles. The first kappa shape index (κ1) is 14.8. The van der Waals surface area contributed by atoms with Gasteiger partial charge in [-0.2, -0.15) is 0 Å². The summed E-state index contributed by atoms with van der Waals surface area (Å²) in [7, 11) is 0. The van der Waals surface area contributed by atoms with Crippen LogP contribution in [-0.2, 0) is 4.79 Å². The van der Waals surface area contributed by atoms with Crippen molar-refractivity contribution >= 4 is 17.5 Å². The highest BCUT2D eigenvalue weighted by molar-refractivity contribution is 6.17. The quantitative estimate of drug-likeness (QED) is 0.480. The maximum Gasteiger partial charge on any atom is 0.220 e. The number of hydrogen-bond donors (Lipinski definition) is 1. The Kier molecular flexibility index (Phi) is 10.1. The number of nitrogens with one attached hydrogen (secondary N) is 1. The molecule has 2 nitrogen and oxygen atoms in total. The van der Waals surface area contributed by atoms with Crippen LogP contribution in [0.4, 0.5) is 0 Å². The van der Waals surface area contributed by atoms with E-state index in [0.717, 1.165) is 19.3 Å². The van der Waals surface area contributed by atoms with Crippen LogP contribution in [0.2, 0.25) is 0 Å². The molecular weight excluding hydrogens is 210 g/mol. The van der Waals surface area contributed by atoms with Crippen LogP contribution < -0.4 is 5.32 Å². The van der Waals surface area contributed by atoms with Crippen LogP contribution in [0.1, 0.15) is 58.8 Å². The first-order valence-electron chi connectivity index (χ1n) is 6.09. The van der Waals surface area contributed by atoms with Gasteiger partial charge in [-0.25, -0.2) is 0 Å². The minimum atomic E-state index is 0.152. The van der Waals surface area contributed by atoms with E-state index in [-0.39, 0.29) is 5.91 Å². The number of amides is 1. The Balaban J connectivity index is 3.62. The molecule has 0 aromatic carbocycles. The lowest BCUT2D eigenvalue weighted by Gasteiger charge is -2.16. The van der Waals surface area contributed by atoms with Gasteiger partial charge in [0.05, 0.1) is 0 Å². The van der Waals surface area contributed by atoms with Crippen LogP contribution in [0, 0.1) is 0 Å². The molecular formula is C12H24ClNO. The minimum absolute atomic E-state index is 0.152. The lowest BCUT2D eigenvalue weighted by atomic mass is 10.1. The second-order valence-corrected chi connectivity index (χ2v) is 4.34. The van der Waals surface area contributed by atoms with Crippen molar-refractivity contribution in [3.63, 3.8) is 0 Å². The fourth-order valence-corrected chi connectivity index (χ4v) is 1.68. The van der Waals surface area contributed by atoms with Crippen LogP contribution in [0.5, 0.6) is 0 Å². The highest BCUT2D eigenvalue weighted by Crippen LogP contribution is 2.06. The molecule has 0 spiro atoms. The van der Waals surface area contributed by atoms with E-state index in [2.05, 4.69) is 19.2 Å². The molecule has 90 valence electrons. The smallest absolute Gasteiger partial charge is 0.220 e. The summed E-state index contributed by atoms with van der Waals surface area (Å²) < 4.78 is 0. The number of unbranched alkanes of at least 4 members (excludes halogenated alkanes) is 2. The Labute approximate surface area is 98.8 Å². The monoisotopic (exact) mass is 233 g/mol. The van der Waals surface area contributed by atoms with E-state index in [4.69, 9.17) is 11.6 Å². The molecule has 0 saturated carbocycles. The van der Waals surface area contributed by atoms with E-state index in [9.17, 15) is 4.79 Å². The summed E-state index contributed by atoms with van der Waals surface area (Å²) in [6.45, 7) is 4.32. The molecule has 0 aromatic heterocycles. The zero-order valence-electron chi connectivity index (χ0n) is 10.0. The number of alkyl halides is 1.